The quantitative estimate of drug-likeness (QED) is 0.363. The van der Waals surface area contributed by atoms with Gasteiger partial charge >= 0.3 is 5.97 Å². The second kappa shape index (κ2) is 10.1. The lowest BCUT2D eigenvalue weighted by Gasteiger charge is -2.51. The predicted molar refractivity (Wildman–Crippen MR) is 133 cm³/mol. The minimum absolute atomic E-state index is 0.0307. The number of carbonyl (C=O) groups is 1. The van der Waals surface area contributed by atoms with E-state index in [4.69, 9.17) is 27.9 Å². The molecule has 8 nitrogen and oxygen atoms in total. The van der Waals surface area contributed by atoms with Crippen LogP contribution in [0.25, 0.3) is 0 Å². The number of ether oxygens (including phenoxy) is 3. The Bertz CT molecular complexity index is 707. The van der Waals surface area contributed by atoms with E-state index in [2.05, 4.69) is 72.9 Å². The molecular formula is C23H45NO7Si2. The lowest BCUT2D eigenvalue weighted by atomic mass is 9.99. The molecular weight excluding hydrogens is 458 g/mol. The maximum atomic E-state index is 12.9. The van der Waals surface area contributed by atoms with Crippen molar-refractivity contribution in [3.8, 4) is 0 Å². The van der Waals surface area contributed by atoms with Gasteiger partial charge in [0.1, 0.15) is 12.2 Å². The van der Waals surface area contributed by atoms with Crippen molar-refractivity contribution >= 4 is 28.8 Å². The second-order valence-electron chi connectivity index (χ2n) is 12.2. The molecule has 0 unspecified atom stereocenters. The molecule has 0 aromatic carbocycles. The van der Waals surface area contributed by atoms with E-state index in [1.807, 2.05) is 6.92 Å². The van der Waals surface area contributed by atoms with Crippen molar-refractivity contribution in [1.29, 1.82) is 0 Å². The smallest absolute Gasteiger partial charge is 0.351 e. The van der Waals surface area contributed by atoms with E-state index >= 15 is 0 Å². The van der Waals surface area contributed by atoms with Crippen molar-refractivity contribution in [1.82, 2.24) is 0 Å². The Hall–Kier alpha value is -0.786. The topological polar surface area (TPSA) is 84.8 Å². The van der Waals surface area contributed by atoms with Gasteiger partial charge in [0.25, 0.3) is 0 Å². The molecule has 1 saturated heterocycles. The van der Waals surface area contributed by atoms with Gasteiger partial charge in [-0.3, -0.25) is 0 Å². The molecule has 2 rings (SSSR count). The van der Waals surface area contributed by atoms with Gasteiger partial charge in [-0.2, -0.15) is 0 Å². The maximum absolute atomic E-state index is 12.9. The molecule has 192 valence electrons. The van der Waals surface area contributed by atoms with E-state index in [0.717, 1.165) is 0 Å². The minimum Gasteiger partial charge on any atom is -0.454 e. The summed E-state index contributed by atoms with van der Waals surface area (Å²) in [5.41, 5.74) is 0. The fourth-order valence-corrected chi connectivity index (χ4v) is 5.85. The summed E-state index contributed by atoms with van der Waals surface area (Å²) >= 11 is 0. The SMILES string of the molecule is CO[C@H]1O[C@H](C)[C@@H](OC(=O)[C@H]2CC=NO2)[C@H](O[Si](C)(C)C(C)(C)C)[C@H]1O[Si](C)(C)C(C)(C)C. The zero-order valence-corrected chi connectivity index (χ0v) is 24.6. The monoisotopic (exact) mass is 503 g/mol. The summed E-state index contributed by atoms with van der Waals surface area (Å²) in [5, 5.41) is 3.63. The first-order valence-corrected chi connectivity index (χ1v) is 17.6. The Morgan fingerprint density at radius 1 is 0.939 bits per heavy atom. The number of hydrogen-bond donors (Lipinski definition) is 0. The van der Waals surface area contributed by atoms with Crippen LogP contribution >= 0.6 is 0 Å². The zero-order valence-electron chi connectivity index (χ0n) is 22.6. The van der Waals surface area contributed by atoms with Gasteiger partial charge in [0, 0.05) is 19.7 Å². The van der Waals surface area contributed by atoms with Crippen LogP contribution in [0.4, 0.5) is 0 Å². The molecule has 10 heteroatoms. The van der Waals surface area contributed by atoms with Crippen molar-refractivity contribution in [2.24, 2.45) is 5.16 Å². The average molecular weight is 504 g/mol. The molecule has 1 fully saturated rings. The Morgan fingerprint density at radius 2 is 1.45 bits per heavy atom. The van der Waals surface area contributed by atoms with Crippen molar-refractivity contribution in [2.45, 2.75) is 128 Å². The number of esters is 1. The fourth-order valence-electron chi connectivity index (χ4n) is 3.27. The summed E-state index contributed by atoms with van der Waals surface area (Å²) in [6.07, 6.45) is -1.62. The van der Waals surface area contributed by atoms with Crippen LogP contribution in [0.15, 0.2) is 5.16 Å². The molecule has 0 spiro atoms. The third-order valence-electron chi connectivity index (χ3n) is 7.53. The Labute approximate surface area is 201 Å². The van der Waals surface area contributed by atoms with Crippen LogP contribution < -0.4 is 0 Å². The van der Waals surface area contributed by atoms with E-state index < -0.39 is 59.4 Å². The third kappa shape index (κ3) is 6.46. The minimum atomic E-state index is -2.27. The van der Waals surface area contributed by atoms with Gasteiger partial charge in [-0.15, -0.1) is 0 Å². The van der Waals surface area contributed by atoms with Crippen LogP contribution in [0.3, 0.4) is 0 Å². The van der Waals surface area contributed by atoms with Crippen LogP contribution in [0.1, 0.15) is 54.9 Å². The van der Waals surface area contributed by atoms with E-state index in [1.54, 1.807) is 13.3 Å². The van der Waals surface area contributed by atoms with E-state index in [-0.39, 0.29) is 10.1 Å². The summed E-state index contributed by atoms with van der Waals surface area (Å²) in [4.78, 5) is 18.0. The van der Waals surface area contributed by atoms with E-state index in [1.165, 1.54) is 0 Å². The number of oxime groups is 1. The van der Waals surface area contributed by atoms with Crippen molar-refractivity contribution in [2.75, 3.05) is 7.11 Å². The number of hydrogen-bond acceptors (Lipinski definition) is 8. The standard InChI is InChI=1S/C23H45NO7Si2/c1-15-17(28-20(25)16-13-14-24-29-16)18(30-32(9,10)22(2,3)4)19(21(26-8)27-15)31-33(11,12)23(5,6)7/h14-19,21H,13H2,1-12H3/t15-,16-,17-,18+,19-,21+/m1/s1. The molecule has 0 N–H and O–H groups in total. The fraction of sp³-hybridized carbons (Fsp3) is 0.913. The van der Waals surface area contributed by atoms with Gasteiger partial charge in [-0.1, -0.05) is 46.7 Å². The molecule has 2 aliphatic heterocycles. The van der Waals surface area contributed by atoms with E-state index in [9.17, 15) is 4.79 Å². The first kappa shape index (κ1) is 28.5. The highest BCUT2D eigenvalue weighted by atomic mass is 28.4. The largest absolute Gasteiger partial charge is 0.454 e. The normalized spacial score (nSPS) is 31.4. The first-order valence-electron chi connectivity index (χ1n) is 11.8. The number of nitrogens with zero attached hydrogens (tertiary/aromatic N) is 1. The van der Waals surface area contributed by atoms with Gasteiger partial charge in [0.2, 0.25) is 6.10 Å². The average Bonchev–Trinajstić information content (AvgIpc) is 3.19. The molecule has 0 amide bonds. The lowest BCUT2D eigenvalue weighted by molar-refractivity contribution is -0.284. The number of methoxy groups -OCH3 is 1. The van der Waals surface area contributed by atoms with Crippen LogP contribution in [0.5, 0.6) is 0 Å². The molecule has 2 aliphatic rings. The molecule has 0 aromatic rings. The van der Waals surface area contributed by atoms with Crippen molar-refractivity contribution in [3.63, 3.8) is 0 Å². The predicted octanol–water partition coefficient (Wildman–Crippen LogP) is 4.84. The molecule has 33 heavy (non-hydrogen) atoms. The Morgan fingerprint density at radius 3 is 1.88 bits per heavy atom. The van der Waals surface area contributed by atoms with Crippen molar-refractivity contribution in [3.05, 3.63) is 0 Å². The summed E-state index contributed by atoms with van der Waals surface area (Å²) in [5.74, 6) is -0.473. The van der Waals surface area contributed by atoms with Crippen LogP contribution in [0.2, 0.25) is 36.3 Å². The third-order valence-corrected chi connectivity index (χ3v) is 16.5. The number of carbonyl (C=O) groups excluding carboxylic acids is 1. The summed E-state index contributed by atoms with van der Waals surface area (Å²) < 4.78 is 31.7. The van der Waals surface area contributed by atoms with Gasteiger partial charge < -0.3 is 27.9 Å². The highest BCUT2D eigenvalue weighted by molar-refractivity contribution is 6.74. The van der Waals surface area contributed by atoms with Gasteiger partial charge in [0.15, 0.2) is 29.0 Å². The van der Waals surface area contributed by atoms with Crippen LogP contribution in [-0.2, 0) is 32.7 Å². The maximum Gasteiger partial charge on any atom is 0.351 e. The van der Waals surface area contributed by atoms with Gasteiger partial charge in [-0.25, -0.2) is 4.79 Å². The molecule has 0 saturated carbocycles. The molecule has 0 aliphatic carbocycles. The summed E-state index contributed by atoms with van der Waals surface area (Å²) in [6.45, 7) is 23.7. The Balaban J connectivity index is 2.45. The molecule has 2 heterocycles. The van der Waals surface area contributed by atoms with Crippen LogP contribution in [-0.4, -0.2) is 72.7 Å². The molecule has 0 bridgehead atoms. The lowest BCUT2D eigenvalue weighted by Crippen LogP contribution is -2.65. The molecule has 0 radical (unpaired) electrons. The second-order valence-corrected chi connectivity index (χ2v) is 21.7. The van der Waals surface area contributed by atoms with E-state index in [0.29, 0.717) is 6.42 Å². The zero-order chi connectivity index (χ0) is 25.4. The summed E-state index contributed by atoms with van der Waals surface area (Å²) in [6, 6.07) is 0. The van der Waals surface area contributed by atoms with Gasteiger partial charge in [0.05, 0.1) is 6.10 Å². The number of rotatable bonds is 7. The Kier molecular flexibility index (Phi) is 8.68. The highest BCUT2D eigenvalue weighted by Gasteiger charge is 2.54. The molecule has 0 aromatic heterocycles. The first-order chi connectivity index (χ1) is 14.9. The summed E-state index contributed by atoms with van der Waals surface area (Å²) in [7, 11) is -2.90. The van der Waals surface area contributed by atoms with Crippen molar-refractivity contribution < 1.29 is 32.7 Å². The highest BCUT2D eigenvalue weighted by Crippen LogP contribution is 2.43. The van der Waals surface area contributed by atoms with Crippen LogP contribution in [0, 0.1) is 0 Å². The molecule has 6 atom stereocenters. The van der Waals surface area contributed by atoms with Gasteiger partial charge in [-0.05, 0) is 43.2 Å².